The second-order valence-electron chi connectivity index (χ2n) is 6.56. The lowest BCUT2D eigenvalue weighted by molar-refractivity contribution is -0.132. The first-order valence-corrected chi connectivity index (χ1v) is 9.36. The van der Waals surface area contributed by atoms with E-state index in [2.05, 4.69) is 9.88 Å². The number of rotatable bonds is 4. The zero-order valence-electron chi connectivity index (χ0n) is 15.1. The topological polar surface area (TPSA) is 71.6 Å². The van der Waals surface area contributed by atoms with Gasteiger partial charge in [0.2, 0.25) is 5.91 Å². The van der Waals surface area contributed by atoms with Crippen molar-refractivity contribution in [2.24, 2.45) is 0 Å². The second kappa shape index (κ2) is 7.90. The van der Waals surface area contributed by atoms with E-state index in [1.165, 1.54) is 23.2 Å². The number of hydrogen-bond donors (Lipinski definition) is 0. The van der Waals surface area contributed by atoms with Crippen LogP contribution in [0.5, 0.6) is 0 Å². The number of carbonyl (C=O) groups is 1. The van der Waals surface area contributed by atoms with E-state index in [1.54, 1.807) is 17.0 Å². The minimum absolute atomic E-state index is 0.0226. The average Bonchev–Trinajstić information content (AvgIpc) is 3.25. The Morgan fingerprint density at radius 3 is 2.50 bits per heavy atom. The number of furan rings is 1. The molecule has 0 unspecified atom stereocenters. The van der Waals surface area contributed by atoms with Crippen LogP contribution in [0.15, 0.2) is 64.3 Å². The molecule has 28 heavy (non-hydrogen) atoms. The molecule has 0 saturated carbocycles. The molecule has 2 aromatic heterocycles. The summed E-state index contributed by atoms with van der Waals surface area (Å²) in [6, 6.07) is 12.5. The Balaban J connectivity index is 1.37. The quantitative estimate of drug-likeness (QED) is 0.675. The van der Waals surface area contributed by atoms with Gasteiger partial charge in [0, 0.05) is 43.0 Å². The average molecular weight is 399 g/mol. The Bertz CT molecular complexity index is 1010. The first kappa shape index (κ1) is 18.3. The van der Waals surface area contributed by atoms with Gasteiger partial charge < -0.3 is 14.2 Å². The lowest BCUT2D eigenvalue weighted by atomic mass is 10.2. The van der Waals surface area contributed by atoms with E-state index in [-0.39, 0.29) is 18.0 Å². The molecule has 8 heteroatoms. The number of nitrogens with zero attached hydrogens (tertiary/aromatic N) is 4. The van der Waals surface area contributed by atoms with Gasteiger partial charge in [0.05, 0.1) is 12.6 Å². The van der Waals surface area contributed by atoms with E-state index in [0.717, 1.165) is 18.8 Å². The largest absolute Gasteiger partial charge is 0.463 e. The van der Waals surface area contributed by atoms with Crippen molar-refractivity contribution in [1.29, 1.82) is 0 Å². The summed E-state index contributed by atoms with van der Waals surface area (Å²) in [7, 11) is 0. The molecule has 0 N–H and O–H groups in total. The summed E-state index contributed by atoms with van der Waals surface area (Å²) in [6.45, 7) is 2.66. The minimum atomic E-state index is -0.283. The van der Waals surface area contributed by atoms with Gasteiger partial charge in [0.1, 0.15) is 12.2 Å². The molecule has 4 rings (SSSR count). The molecule has 7 nitrogen and oxygen atoms in total. The molecular weight excluding hydrogens is 380 g/mol. The van der Waals surface area contributed by atoms with Gasteiger partial charge in [-0.3, -0.25) is 14.2 Å². The number of halogens is 1. The van der Waals surface area contributed by atoms with Crippen molar-refractivity contribution in [3.63, 3.8) is 0 Å². The summed E-state index contributed by atoms with van der Waals surface area (Å²) in [5.74, 6) is 0.430. The third kappa shape index (κ3) is 3.94. The Hall–Kier alpha value is -3.06. The van der Waals surface area contributed by atoms with Crippen LogP contribution in [0, 0.1) is 0 Å². The van der Waals surface area contributed by atoms with E-state index in [4.69, 9.17) is 16.0 Å². The SMILES string of the molecule is O=C(Cn1cnc(-c2ccco2)cc1=O)N1CCN(c2ccc(Cl)cc2)CC1. The number of anilines is 1. The fraction of sp³-hybridized carbons (Fsp3) is 0.250. The summed E-state index contributed by atoms with van der Waals surface area (Å²) in [4.78, 5) is 33.1. The van der Waals surface area contributed by atoms with Gasteiger partial charge in [0.15, 0.2) is 5.76 Å². The van der Waals surface area contributed by atoms with Crippen LogP contribution < -0.4 is 10.5 Å². The zero-order chi connectivity index (χ0) is 19.5. The Morgan fingerprint density at radius 1 is 1.11 bits per heavy atom. The first-order valence-electron chi connectivity index (χ1n) is 8.99. The fourth-order valence-corrected chi connectivity index (χ4v) is 3.34. The predicted molar refractivity (Wildman–Crippen MR) is 106 cm³/mol. The second-order valence-corrected chi connectivity index (χ2v) is 7.00. The smallest absolute Gasteiger partial charge is 0.254 e. The molecule has 1 fully saturated rings. The van der Waals surface area contributed by atoms with Gasteiger partial charge in [-0.05, 0) is 36.4 Å². The van der Waals surface area contributed by atoms with Crippen LogP contribution in [0.4, 0.5) is 5.69 Å². The summed E-state index contributed by atoms with van der Waals surface area (Å²) >= 11 is 5.93. The molecule has 1 saturated heterocycles. The number of piperazine rings is 1. The predicted octanol–water partition coefficient (Wildman–Crippen LogP) is 2.51. The van der Waals surface area contributed by atoms with E-state index >= 15 is 0 Å². The molecule has 3 heterocycles. The highest BCUT2D eigenvalue weighted by Gasteiger charge is 2.22. The molecular formula is C20H19ClN4O3. The highest BCUT2D eigenvalue weighted by molar-refractivity contribution is 6.30. The zero-order valence-corrected chi connectivity index (χ0v) is 15.9. The molecule has 0 aliphatic carbocycles. The number of benzene rings is 1. The lowest BCUT2D eigenvalue weighted by Gasteiger charge is -2.36. The van der Waals surface area contributed by atoms with E-state index in [9.17, 15) is 9.59 Å². The van der Waals surface area contributed by atoms with Gasteiger partial charge in [0.25, 0.3) is 5.56 Å². The molecule has 1 amide bonds. The molecule has 0 atom stereocenters. The summed E-state index contributed by atoms with van der Waals surface area (Å²) in [6.07, 6.45) is 2.91. The Kier molecular flexibility index (Phi) is 5.16. The van der Waals surface area contributed by atoms with E-state index in [1.807, 2.05) is 24.3 Å². The highest BCUT2D eigenvalue weighted by atomic mass is 35.5. The van der Waals surface area contributed by atoms with Gasteiger partial charge in [-0.15, -0.1) is 0 Å². The molecule has 1 aliphatic rings. The lowest BCUT2D eigenvalue weighted by Crippen LogP contribution is -2.50. The van der Waals surface area contributed by atoms with Crippen LogP contribution in [0.2, 0.25) is 5.02 Å². The van der Waals surface area contributed by atoms with Crippen molar-refractivity contribution in [2.75, 3.05) is 31.1 Å². The monoisotopic (exact) mass is 398 g/mol. The normalized spacial score (nSPS) is 14.3. The van der Waals surface area contributed by atoms with Gasteiger partial charge in [-0.25, -0.2) is 4.98 Å². The van der Waals surface area contributed by atoms with Crippen LogP contribution in [-0.4, -0.2) is 46.5 Å². The maximum absolute atomic E-state index is 12.6. The van der Waals surface area contributed by atoms with Crippen LogP contribution in [0.1, 0.15) is 0 Å². The summed E-state index contributed by atoms with van der Waals surface area (Å²) in [5.41, 5.74) is 1.26. The maximum atomic E-state index is 12.6. The van der Waals surface area contributed by atoms with Crippen LogP contribution in [0.3, 0.4) is 0 Å². The van der Waals surface area contributed by atoms with Crippen molar-refractivity contribution in [2.45, 2.75) is 6.54 Å². The highest BCUT2D eigenvalue weighted by Crippen LogP contribution is 2.19. The van der Waals surface area contributed by atoms with Crippen LogP contribution >= 0.6 is 11.6 Å². The standard InChI is InChI=1S/C20H19ClN4O3/c21-15-3-5-16(6-4-15)23-7-9-24(10-8-23)20(27)13-25-14-22-17(12-19(25)26)18-2-1-11-28-18/h1-6,11-12,14H,7-10,13H2. The minimum Gasteiger partial charge on any atom is -0.463 e. The third-order valence-electron chi connectivity index (χ3n) is 4.78. The van der Waals surface area contributed by atoms with Gasteiger partial charge >= 0.3 is 0 Å². The molecule has 0 spiro atoms. The van der Waals surface area contributed by atoms with Crippen molar-refractivity contribution >= 4 is 23.2 Å². The van der Waals surface area contributed by atoms with Crippen molar-refractivity contribution in [1.82, 2.24) is 14.5 Å². The summed E-state index contributed by atoms with van der Waals surface area (Å²) in [5, 5.41) is 0.703. The van der Waals surface area contributed by atoms with Crippen molar-refractivity contribution in [3.8, 4) is 11.5 Å². The number of hydrogen-bond acceptors (Lipinski definition) is 5. The summed E-state index contributed by atoms with van der Waals surface area (Å²) < 4.78 is 6.57. The van der Waals surface area contributed by atoms with Crippen molar-refractivity contribution in [3.05, 3.63) is 70.4 Å². The number of amides is 1. The van der Waals surface area contributed by atoms with E-state index in [0.29, 0.717) is 29.6 Å². The molecule has 144 valence electrons. The Labute approximate surface area is 166 Å². The molecule has 1 aromatic carbocycles. The molecule has 0 bridgehead atoms. The maximum Gasteiger partial charge on any atom is 0.254 e. The molecule has 1 aliphatic heterocycles. The third-order valence-corrected chi connectivity index (χ3v) is 5.03. The van der Waals surface area contributed by atoms with Gasteiger partial charge in [-0.2, -0.15) is 0 Å². The molecule has 3 aromatic rings. The van der Waals surface area contributed by atoms with Crippen molar-refractivity contribution < 1.29 is 9.21 Å². The van der Waals surface area contributed by atoms with Gasteiger partial charge in [-0.1, -0.05) is 11.6 Å². The van der Waals surface area contributed by atoms with Crippen LogP contribution in [0.25, 0.3) is 11.5 Å². The fourth-order valence-electron chi connectivity index (χ4n) is 3.22. The number of carbonyl (C=O) groups excluding carboxylic acids is 1. The van der Waals surface area contributed by atoms with Crippen LogP contribution in [-0.2, 0) is 11.3 Å². The molecule has 0 radical (unpaired) electrons. The van der Waals surface area contributed by atoms with E-state index < -0.39 is 0 Å². The Morgan fingerprint density at radius 2 is 1.86 bits per heavy atom. The number of aromatic nitrogens is 2. The first-order chi connectivity index (χ1) is 13.6.